The van der Waals surface area contributed by atoms with Crippen LogP contribution in [0.25, 0.3) is 0 Å². The van der Waals surface area contributed by atoms with Gasteiger partial charge in [0.25, 0.3) is 0 Å². The predicted octanol–water partition coefficient (Wildman–Crippen LogP) is 3.79. The van der Waals surface area contributed by atoms with E-state index < -0.39 is 0 Å². The third-order valence-electron chi connectivity index (χ3n) is 7.37. The van der Waals surface area contributed by atoms with Gasteiger partial charge >= 0.3 is 0 Å². The maximum Gasteiger partial charge on any atom is 0.0968 e. The van der Waals surface area contributed by atoms with Crippen LogP contribution in [0.3, 0.4) is 0 Å². The third-order valence-corrected chi connectivity index (χ3v) is 8.50. The van der Waals surface area contributed by atoms with Gasteiger partial charge in [0.1, 0.15) is 0 Å². The van der Waals surface area contributed by atoms with Crippen LogP contribution in [0.4, 0.5) is 0 Å². The number of alkyl halides is 1. The summed E-state index contributed by atoms with van der Waals surface area (Å²) in [5.41, 5.74) is 0.187. The molecule has 3 heteroatoms. The molecule has 0 aromatic carbocycles. The van der Waals surface area contributed by atoms with Crippen LogP contribution in [-0.2, 0) is 0 Å². The highest BCUT2D eigenvalue weighted by Crippen LogP contribution is 2.56. The van der Waals surface area contributed by atoms with E-state index in [-0.39, 0.29) is 5.54 Å². The van der Waals surface area contributed by atoms with Crippen LogP contribution in [0.2, 0.25) is 0 Å². The molecule has 0 amide bonds. The number of nitrogens with zero attached hydrogens (tertiary/aromatic N) is 1. The first-order valence-corrected chi connectivity index (χ1v) is 10.4. The minimum atomic E-state index is 0.187. The lowest BCUT2D eigenvalue weighted by atomic mass is 9.52. The van der Waals surface area contributed by atoms with Crippen LogP contribution in [-0.4, -0.2) is 28.8 Å². The van der Waals surface area contributed by atoms with Crippen LogP contribution < -0.4 is 5.32 Å². The lowest BCUT2D eigenvalue weighted by Crippen LogP contribution is -2.67. The highest BCUT2D eigenvalue weighted by molar-refractivity contribution is 14.1. The first kappa shape index (κ1) is 14.9. The fourth-order valence-electron chi connectivity index (χ4n) is 5.67. The summed E-state index contributed by atoms with van der Waals surface area (Å²) in [7, 11) is 0. The van der Waals surface area contributed by atoms with Gasteiger partial charge in [0.05, 0.1) is 5.54 Å². The van der Waals surface area contributed by atoms with E-state index in [2.05, 4.69) is 54.9 Å². The summed E-state index contributed by atoms with van der Waals surface area (Å²) >= 11 is 2.60. The standard InChI is InChI=1S/C18H29IN2/c1-10-4-5-13(10)14-8-20-17(14)16(18(3)9-21-18)15-11(2)6-12(15)7-19/h9-17,20H,4-8H2,1-3H3. The van der Waals surface area contributed by atoms with Gasteiger partial charge < -0.3 is 5.32 Å². The van der Waals surface area contributed by atoms with Gasteiger partial charge in [-0.15, -0.1) is 0 Å². The minimum absolute atomic E-state index is 0.187. The Kier molecular flexibility index (Phi) is 3.68. The summed E-state index contributed by atoms with van der Waals surface area (Å²) in [6.07, 6.45) is 6.62. The zero-order chi connectivity index (χ0) is 14.8. The van der Waals surface area contributed by atoms with Gasteiger partial charge in [-0.05, 0) is 55.3 Å². The highest BCUT2D eigenvalue weighted by Gasteiger charge is 2.59. The molecule has 2 saturated carbocycles. The van der Waals surface area contributed by atoms with Gasteiger partial charge in [0, 0.05) is 29.1 Å². The molecular weight excluding hydrogens is 371 g/mol. The first-order valence-electron chi connectivity index (χ1n) is 8.91. The molecule has 2 aliphatic carbocycles. The van der Waals surface area contributed by atoms with Gasteiger partial charge in [0.2, 0.25) is 0 Å². The maximum absolute atomic E-state index is 4.73. The van der Waals surface area contributed by atoms with Crippen molar-refractivity contribution in [2.45, 2.75) is 51.6 Å². The van der Waals surface area contributed by atoms with Crippen molar-refractivity contribution in [3.8, 4) is 0 Å². The predicted molar refractivity (Wildman–Crippen MR) is 97.2 cm³/mol. The van der Waals surface area contributed by atoms with Crippen LogP contribution in [0.1, 0.15) is 40.0 Å². The van der Waals surface area contributed by atoms with Crippen molar-refractivity contribution in [1.82, 2.24) is 5.32 Å². The number of hydrogen-bond donors (Lipinski definition) is 1. The fraction of sp³-hybridized carbons (Fsp3) is 0.944. The summed E-state index contributed by atoms with van der Waals surface area (Å²) in [5.74, 6) is 6.38. The summed E-state index contributed by atoms with van der Waals surface area (Å²) < 4.78 is 1.33. The Labute approximate surface area is 143 Å². The van der Waals surface area contributed by atoms with Crippen molar-refractivity contribution < 1.29 is 0 Å². The Hall–Kier alpha value is 0.360. The molecule has 0 aromatic heterocycles. The Bertz CT molecular complexity index is 442. The van der Waals surface area contributed by atoms with Crippen molar-refractivity contribution in [3.63, 3.8) is 0 Å². The molecule has 2 aliphatic heterocycles. The Morgan fingerprint density at radius 2 is 2.05 bits per heavy atom. The molecule has 118 valence electrons. The Morgan fingerprint density at radius 1 is 1.29 bits per heavy atom. The molecule has 3 fully saturated rings. The fourth-order valence-corrected chi connectivity index (χ4v) is 6.62. The lowest BCUT2D eigenvalue weighted by Gasteiger charge is -2.58. The van der Waals surface area contributed by atoms with Gasteiger partial charge in [-0.25, -0.2) is 0 Å². The number of rotatable bonds is 5. The van der Waals surface area contributed by atoms with Crippen molar-refractivity contribution in [2.75, 3.05) is 11.0 Å². The third kappa shape index (κ3) is 2.24. The molecule has 1 N–H and O–H groups in total. The van der Waals surface area contributed by atoms with E-state index in [1.165, 1.54) is 30.2 Å². The van der Waals surface area contributed by atoms with Crippen LogP contribution in [0.5, 0.6) is 0 Å². The van der Waals surface area contributed by atoms with Crippen molar-refractivity contribution >= 4 is 28.8 Å². The molecule has 4 aliphatic rings. The number of hydrogen-bond acceptors (Lipinski definition) is 2. The molecule has 0 radical (unpaired) electrons. The summed E-state index contributed by atoms with van der Waals surface area (Å²) in [4.78, 5) is 4.73. The summed E-state index contributed by atoms with van der Waals surface area (Å²) in [6, 6.07) is 0.739. The monoisotopic (exact) mass is 400 g/mol. The first-order chi connectivity index (χ1) is 10.0. The molecule has 9 unspecified atom stereocenters. The van der Waals surface area contributed by atoms with Crippen molar-refractivity contribution in [1.29, 1.82) is 0 Å². The second-order valence-electron chi connectivity index (χ2n) is 8.53. The van der Waals surface area contributed by atoms with E-state index >= 15 is 0 Å². The molecule has 2 heterocycles. The quantitative estimate of drug-likeness (QED) is 0.551. The number of nitrogens with one attached hydrogen (secondary N) is 1. The molecule has 1 saturated heterocycles. The SMILES string of the molecule is CC1CCC1C1CNC1C(C1C(C)CC1CI)C1(C)C=N1. The minimum Gasteiger partial charge on any atom is -0.313 e. The normalized spacial score (nSPS) is 56.1. The molecular formula is C18H29IN2. The van der Waals surface area contributed by atoms with Gasteiger partial charge in [-0.1, -0.05) is 42.9 Å². The molecule has 0 spiro atoms. The zero-order valence-electron chi connectivity index (χ0n) is 13.6. The Morgan fingerprint density at radius 3 is 2.43 bits per heavy atom. The summed E-state index contributed by atoms with van der Waals surface area (Å²) in [5, 5.41) is 3.84. The second-order valence-corrected chi connectivity index (χ2v) is 9.41. The van der Waals surface area contributed by atoms with E-state index in [1.807, 2.05) is 0 Å². The average molecular weight is 400 g/mol. The van der Waals surface area contributed by atoms with Crippen LogP contribution in [0.15, 0.2) is 4.99 Å². The van der Waals surface area contributed by atoms with Gasteiger partial charge in [-0.3, -0.25) is 4.99 Å². The second kappa shape index (κ2) is 5.19. The molecule has 9 atom stereocenters. The number of halogens is 1. The van der Waals surface area contributed by atoms with Crippen LogP contribution >= 0.6 is 22.6 Å². The molecule has 4 rings (SSSR count). The van der Waals surface area contributed by atoms with Crippen LogP contribution in [0, 0.1) is 41.4 Å². The average Bonchev–Trinajstić information content (AvgIpc) is 3.16. The molecule has 0 bridgehead atoms. The van der Waals surface area contributed by atoms with E-state index in [4.69, 9.17) is 4.99 Å². The maximum atomic E-state index is 4.73. The van der Waals surface area contributed by atoms with E-state index in [0.29, 0.717) is 0 Å². The van der Waals surface area contributed by atoms with Crippen molar-refractivity contribution in [3.05, 3.63) is 0 Å². The molecule has 0 aromatic rings. The summed E-state index contributed by atoms with van der Waals surface area (Å²) in [6.45, 7) is 8.59. The lowest BCUT2D eigenvalue weighted by molar-refractivity contribution is -0.0513. The Balaban J connectivity index is 1.53. The molecule has 2 nitrogen and oxygen atoms in total. The van der Waals surface area contributed by atoms with E-state index in [0.717, 1.165) is 47.5 Å². The van der Waals surface area contributed by atoms with E-state index in [9.17, 15) is 0 Å². The van der Waals surface area contributed by atoms with E-state index in [1.54, 1.807) is 0 Å². The van der Waals surface area contributed by atoms with Gasteiger partial charge in [0.15, 0.2) is 0 Å². The number of aliphatic imine (C=N–C) groups is 1. The molecule has 21 heavy (non-hydrogen) atoms. The van der Waals surface area contributed by atoms with Crippen molar-refractivity contribution in [2.24, 2.45) is 46.4 Å². The zero-order valence-corrected chi connectivity index (χ0v) is 15.7. The smallest absolute Gasteiger partial charge is 0.0968 e. The largest absolute Gasteiger partial charge is 0.313 e. The van der Waals surface area contributed by atoms with Gasteiger partial charge in [-0.2, -0.15) is 0 Å². The topological polar surface area (TPSA) is 24.4 Å². The highest BCUT2D eigenvalue weighted by atomic mass is 127.